The maximum absolute atomic E-state index is 11.2. The van der Waals surface area contributed by atoms with Crippen LogP contribution in [0, 0.1) is 5.92 Å². The van der Waals surface area contributed by atoms with Crippen LogP contribution in [0.5, 0.6) is 0 Å². The van der Waals surface area contributed by atoms with Crippen LogP contribution >= 0.6 is 0 Å². The van der Waals surface area contributed by atoms with Gasteiger partial charge in [-0.3, -0.25) is 4.79 Å². The molecule has 1 N–H and O–H groups in total. The number of carbonyl (C=O) groups is 1. The summed E-state index contributed by atoms with van der Waals surface area (Å²) in [7, 11) is 0. The van der Waals surface area contributed by atoms with Crippen LogP contribution in [0.2, 0.25) is 0 Å². The van der Waals surface area contributed by atoms with E-state index in [1.54, 1.807) is 0 Å². The van der Waals surface area contributed by atoms with Gasteiger partial charge in [0.15, 0.2) is 0 Å². The Hall–Kier alpha value is -0.530. The molecular formula is C19H38O2. The average Bonchev–Trinajstić information content (AvgIpc) is 2.47. The number of hydrogen-bond acceptors (Lipinski definition) is 1. The first-order chi connectivity index (χ1) is 10.2. The molecule has 0 heterocycles. The molecule has 1 unspecified atom stereocenters. The predicted molar refractivity (Wildman–Crippen MR) is 91.7 cm³/mol. The molecule has 0 aromatic rings. The first kappa shape index (κ1) is 20.5. The molecule has 21 heavy (non-hydrogen) atoms. The van der Waals surface area contributed by atoms with Gasteiger partial charge in [0.1, 0.15) is 0 Å². The third-order valence-electron chi connectivity index (χ3n) is 4.41. The summed E-state index contributed by atoms with van der Waals surface area (Å²) in [5.41, 5.74) is 0. The molecule has 0 rings (SSSR count). The van der Waals surface area contributed by atoms with E-state index in [4.69, 9.17) is 0 Å². The predicted octanol–water partition coefficient (Wildman–Crippen LogP) is 6.58. The van der Waals surface area contributed by atoms with Gasteiger partial charge in [0.25, 0.3) is 0 Å². The summed E-state index contributed by atoms with van der Waals surface area (Å²) in [6.45, 7) is 4.42. The Labute approximate surface area is 132 Å². The standard InChI is InChI=1S/C19H38O2/c1-3-5-7-8-9-10-11-12-13-15-17-18(19(20)21)16-14-6-4-2/h18H,3-17H2,1-2H3,(H,20,21). The lowest BCUT2D eigenvalue weighted by molar-refractivity contribution is -0.142. The molecule has 0 fully saturated rings. The molecule has 2 heteroatoms. The lowest BCUT2D eigenvalue weighted by atomic mass is 9.94. The fraction of sp³-hybridized carbons (Fsp3) is 0.947. The first-order valence-electron chi connectivity index (χ1n) is 9.45. The van der Waals surface area contributed by atoms with Crippen molar-refractivity contribution in [3.8, 4) is 0 Å². The van der Waals surface area contributed by atoms with Gasteiger partial charge in [0.05, 0.1) is 5.92 Å². The molecule has 0 bridgehead atoms. The molecule has 0 spiro atoms. The lowest BCUT2D eigenvalue weighted by Gasteiger charge is -2.11. The topological polar surface area (TPSA) is 37.3 Å². The van der Waals surface area contributed by atoms with Crippen LogP contribution in [0.1, 0.15) is 110 Å². The fourth-order valence-electron chi connectivity index (χ4n) is 2.91. The molecule has 0 aliphatic carbocycles. The second-order valence-electron chi connectivity index (χ2n) is 6.50. The molecular weight excluding hydrogens is 260 g/mol. The minimum atomic E-state index is -0.581. The van der Waals surface area contributed by atoms with Crippen molar-refractivity contribution in [2.75, 3.05) is 0 Å². The second-order valence-corrected chi connectivity index (χ2v) is 6.50. The Morgan fingerprint density at radius 2 is 1.00 bits per heavy atom. The third kappa shape index (κ3) is 14.2. The van der Waals surface area contributed by atoms with Crippen molar-refractivity contribution in [3.63, 3.8) is 0 Å². The second kappa shape index (κ2) is 15.9. The van der Waals surface area contributed by atoms with Crippen LogP contribution < -0.4 is 0 Å². The van der Waals surface area contributed by atoms with Gasteiger partial charge in [-0.15, -0.1) is 0 Å². The maximum atomic E-state index is 11.2. The molecule has 126 valence electrons. The van der Waals surface area contributed by atoms with Gasteiger partial charge in [-0.25, -0.2) is 0 Å². The minimum Gasteiger partial charge on any atom is -0.481 e. The van der Waals surface area contributed by atoms with E-state index in [1.165, 1.54) is 70.6 Å². The number of carboxylic acids is 1. The van der Waals surface area contributed by atoms with Gasteiger partial charge in [-0.05, 0) is 12.8 Å². The van der Waals surface area contributed by atoms with E-state index in [-0.39, 0.29) is 5.92 Å². The summed E-state index contributed by atoms with van der Waals surface area (Å²) in [5.74, 6) is -0.673. The van der Waals surface area contributed by atoms with Crippen LogP contribution in [0.3, 0.4) is 0 Å². The molecule has 1 atom stereocenters. The van der Waals surface area contributed by atoms with Crippen LogP contribution in [-0.2, 0) is 4.79 Å². The summed E-state index contributed by atoms with van der Waals surface area (Å²) >= 11 is 0. The Morgan fingerprint density at radius 1 is 0.667 bits per heavy atom. The highest BCUT2D eigenvalue weighted by atomic mass is 16.4. The van der Waals surface area contributed by atoms with Gasteiger partial charge >= 0.3 is 5.97 Å². The maximum Gasteiger partial charge on any atom is 0.306 e. The summed E-state index contributed by atoms with van der Waals surface area (Å²) in [6.07, 6.45) is 18.4. The summed E-state index contributed by atoms with van der Waals surface area (Å²) in [5, 5.41) is 9.22. The fourth-order valence-corrected chi connectivity index (χ4v) is 2.91. The van der Waals surface area contributed by atoms with Gasteiger partial charge in [-0.1, -0.05) is 97.3 Å². The molecule has 0 saturated heterocycles. The van der Waals surface area contributed by atoms with E-state index >= 15 is 0 Å². The third-order valence-corrected chi connectivity index (χ3v) is 4.41. The highest BCUT2D eigenvalue weighted by Gasteiger charge is 2.15. The largest absolute Gasteiger partial charge is 0.481 e. The van der Waals surface area contributed by atoms with Crippen molar-refractivity contribution < 1.29 is 9.90 Å². The molecule has 0 aliphatic rings. The zero-order valence-electron chi connectivity index (χ0n) is 14.5. The van der Waals surface area contributed by atoms with Crippen molar-refractivity contribution in [3.05, 3.63) is 0 Å². The lowest BCUT2D eigenvalue weighted by Crippen LogP contribution is -2.13. The van der Waals surface area contributed by atoms with Crippen LogP contribution in [-0.4, -0.2) is 11.1 Å². The van der Waals surface area contributed by atoms with Crippen LogP contribution in [0.15, 0.2) is 0 Å². The van der Waals surface area contributed by atoms with Crippen molar-refractivity contribution in [1.82, 2.24) is 0 Å². The van der Waals surface area contributed by atoms with Gasteiger partial charge in [0, 0.05) is 0 Å². The van der Waals surface area contributed by atoms with Crippen LogP contribution in [0.4, 0.5) is 0 Å². The Morgan fingerprint density at radius 3 is 1.43 bits per heavy atom. The zero-order valence-corrected chi connectivity index (χ0v) is 14.5. The van der Waals surface area contributed by atoms with E-state index in [9.17, 15) is 9.90 Å². The molecule has 0 aromatic carbocycles. The molecule has 2 nitrogen and oxygen atoms in total. The van der Waals surface area contributed by atoms with Crippen LogP contribution in [0.25, 0.3) is 0 Å². The van der Waals surface area contributed by atoms with Crippen molar-refractivity contribution in [1.29, 1.82) is 0 Å². The van der Waals surface area contributed by atoms with Crippen molar-refractivity contribution >= 4 is 5.97 Å². The zero-order chi connectivity index (χ0) is 15.8. The summed E-state index contributed by atoms with van der Waals surface area (Å²) in [4.78, 5) is 11.2. The minimum absolute atomic E-state index is 0.0920. The highest BCUT2D eigenvalue weighted by molar-refractivity contribution is 5.69. The molecule has 0 aromatic heterocycles. The quantitative estimate of drug-likeness (QED) is 0.327. The smallest absolute Gasteiger partial charge is 0.306 e. The SMILES string of the molecule is CCCCCCCCCCCCC(CCCCC)C(=O)O. The summed E-state index contributed by atoms with van der Waals surface area (Å²) in [6, 6.07) is 0. The van der Waals surface area contributed by atoms with Gasteiger partial charge < -0.3 is 5.11 Å². The molecule has 0 saturated carbocycles. The summed E-state index contributed by atoms with van der Waals surface area (Å²) < 4.78 is 0. The van der Waals surface area contributed by atoms with E-state index in [2.05, 4.69) is 13.8 Å². The van der Waals surface area contributed by atoms with E-state index in [1.807, 2.05) is 0 Å². The van der Waals surface area contributed by atoms with Crippen molar-refractivity contribution in [2.45, 2.75) is 110 Å². The van der Waals surface area contributed by atoms with E-state index < -0.39 is 5.97 Å². The highest BCUT2D eigenvalue weighted by Crippen LogP contribution is 2.19. The molecule has 0 radical (unpaired) electrons. The Kier molecular flexibility index (Phi) is 15.5. The van der Waals surface area contributed by atoms with Gasteiger partial charge in [0.2, 0.25) is 0 Å². The number of unbranched alkanes of at least 4 members (excludes halogenated alkanes) is 11. The van der Waals surface area contributed by atoms with E-state index in [0.29, 0.717) is 0 Å². The molecule has 0 aliphatic heterocycles. The Balaban J connectivity index is 3.39. The first-order valence-corrected chi connectivity index (χ1v) is 9.45. The monoisotopic (exact) mass is 298 g/mol. The number of aliphatic carboxylic acids is 1. The normalized spacial score (nSPS) is 12.5. The van der Waals surface area contributed by atoms with Gasteiger partial charge in [-0.2, -0.15) is 0 Å². The van der Waals surface area contributed by atoms with E-state index in [0.717, 1.165) is 25.7 Å². The Bertz CT molecular complexity index is 226. The van der Waals surface area contributed by atoms with Crippen molar-refractivity contribution in [2.24, 2.45) is 5.92 Å². The average molecular weight is 299 g/mol. The number of carboxylic acid groups (broad SMARTS) is 1. The number of hydrogen-bond donors (Lipinski definition) is 1. The molecule has 0 amide bonds. The number of rotatable bonds is 16.